The molecule has 2 heterocycles. The number of pyridine rings is 1. The van der Waals surface area contributed by atoms with Gasteiger partial charge in [-0.1, -0.05) is 6.92 Å². The summed E-state index contributed by atoms with van der Waals surface area (Å²) in [4.78, 5) is 29.9. The zero-order valence-corrected chi connectivity index (χ0v) is 13.0. The lowest BCUT2D eigenvalue weighted by molar-refractivity contribution is -0.136. The first-order chi connectivity index (χ1) is 10.6. The number of methoxy groups -OCH3 is 1. The molecule has 2 N–H and O–H groups in total. The van der Waals surface area contributed by atoms with Crippen LogP contribution in [0.2, 0.25) is 0 Å². The number of aromatic nitrogens is 1. The molecule has 7 heteroatoms. The SMILES string of the molecule is CCN1CCCC1CNC(=O)C(=O)Nc1ccc(OC)nc1. The molecule has 0 aromatic carbocycles. The van der Waals surface area contributed by atoms with E-state index in [1.54, 1.807) is 12.1 Å². The third kappa shape index (κ3) is 4.17. The lowest BCUT2D eigenvalue weighted by Gasteiger charge is -2.22. The summed E-state index contributed by atoms with van der Waals surface area (Å²) < 4.78 is 4.93. The van der Waals surface area contributed by atoms with E-state index >= 15 is 0 Å². The van der Waals surface area contributed by atoms with Crippen LogP contribution in [-0.4, -0.2) is 54.5 Å². The zero-order chi connectivity index (χ0) is 15.9. The number of likely N-dealkylation sites (N-methyl/N-ethyl adjacent to an activating group) is 1. The second kappa shape index (κ2) is 7.74. The summed E-state index contributed by atoms with van der Waals surface area (Å²) in [5.74, 6) is -0.866. The molecule has 0 radical (unpaired) electrons. The second-order valence-corrected chi connectivity index (χ2v) is 5.18. The minimum atomic E-state index is -0.687. The van der Waals surface area contributed by atoms with Crippen LogP contribution in [-0.2, 0) is 9.59 Å². The molecule has 2 rings (SSSR count). The third-order valence-corrected chi connectivity index (χ3v) is 3.81. The van der Waals surface area contributed by atoms with Crippen molar-refractivity contribution in [3.63, 3.8) is 0 Å². The van der Waals surface area contributed by atoms with Gasteiger partial charge in [-0.2, -0.15) is 0 Å². The molecule has 0 spiro atoms. The molecule has 1 unspecified atom stereocenters. The fourth-order valence-electron chi connectivity index (χ4n) is 2.60. The smallest absolute Gasteiger partial charge is 0.313 e. The van der Waals surface area contributed by atoms with Gasteiger partial charge in [-0.25, -0.2) is 4.98 Å². The average molecular weight is 306 g/mol. The Labute approximate surface area is 130 Å². The fourth-order valence-corrected chi connectivity index (χ4v) is 2.60. The highest BCUT2D eigenvalue weighted by molar-refractivity contribution is 6.39. The molecular formula is C15H22N4O3. The molecule has 1 aliphatic heterocycles. The van der Waals surface area contributed by atoms with E-state index in [1.807, 2.05) is 0 Å². The molecule has 2 amide bonds. The Morgan fingerprint density at radius 1 is 1.41 bits per heavy atom. The monoisotopic (exact) mass is 306 g/mol. The molecule has 0 aliphatic carbocycles. The maximum Gasteiger partial charge on any atom is 0.313 e. The van der Waals surface area contributed by atoms with Gasteiger partial charge in [0.25, 0.3) is 0 Å². The Morgan fingerprint density at radius 3 is 2.86 bits per heavy atom. The molecule has 1 aliphatic rings. The molecule has 1 saturated heterocycles. The highest BCUT2D eigenvalue weighted by Gasteiger charge is 2.24. The van der Waals surface area contributed by atoms with Crippen molar-refractivity contribution in [1.29, 1.82) is 0 Å². The van der Waals surface area contributed by atoms with Crippen LogP contribution in [0.5, 0.6) is 5.88 Å². The third-order valence-electron chi connectivity index (χ3n) is 3.81. The topological polar surface area (TPSA) is 83.6 Å². The van der Waals surface area contributed by atoms with Gasteiger partial charge in [0.1, 0.15) is 0 Å². The number of anilines is 1. The first-order valence-electron chi connectivity index (χ1n) is 7.47. The largest absolute Gasteiger partial charge is 0.481 e. The van der Waals surface area contributed by atoms with Gasteiger partial charge in [-0.15, -0.1) is 0 Å². The van der Waals surface area contributed by atoms with Crippen molar-refractivity contribution in [2.24, 2.45) is 0 Å². The van der Waals surface area contributed by atoms with Crippen LogP contribution in [0.3, 0.4) is 0 Å². The van der Waals surface area contributed by atoms with Crippen LogP contribution in [0.4, 0.5) is 5.69 Å². The van der Waals surface area contributed by atoms with Crippen molar-refractivity contribution in [3.8, 4) is 5.88 Å². The maximum absolute atomic E-state index is 11.8. The highest BCUT2D eigenvalue weighted by Crippen LogP contribution is 2.15. The van der Waals surface area contributed by atoms with Crippen molar-refractivity contribution in [3.05, 3.63) is 18.3 Å². The van der Waals surface area contributed by atoms with Crippen LogP contribution in [0, 0.1) is 0 Å². The summed E-state index contributed by atoms with van der Waals surface area (Å²) in [7, 11) is 1.51. The Balaban J connectivity index is 1.80. The van der Waals surface area contributed by atoms with Crippen molar-refractivity contribution in [1.82, 2.24) is 15.2 Å². The molecule has 22 heavy (non-hydrogen) atoms. The Morgan fingerprint density at radius 2 is 2.23 bits per heavy atom. The lowest BCUT2D eigenvalue weighted by atomic mass is 10.2. The van der Waals surface area contributed by atoms with Crippen LogP contribution in [0.25, 0.3) is 0 Å². The lowest BCUT2D eigenvalue weighted by Crippen LogP contribution is -2.43. The number of hydrogen-bond donors (Lipinski definition) is 2. The van der Waals surface area contributed by atoms with Crippen molar-refractivity contribution >= 4 is 17.5 Å². The van der Waals surface area contributed by atoms with E-state index in [-0.39, 0.29) is 0 Å². The van der Waals surface area contributed by atoms with E-state index in [1.165, 1.54) is 13.3 Å². The molecule has 1 aromatic rings. The number of nitrogens with zero attached hydrogens (tertiary/aromatic N) is 2. The van der Waals surface area contributed by atoms with Gasteiger partial charge < -0.3 is 15.4 Å². The zero-order valence-electron chi connectivity index (χ0n) is 13.0. The number of nitrogens with one attached hydrogen (secondary N) is 2. The average Bonchev–Trinajstić information content (AvgIpc) is 3.00. The number of amides is 2. The van der Waals surface area contributed by atoms with Crippen LogP contribution >= 0.6 is 0 Å². The summed E-state index contributed by atoms with van der Waals surface area (Å²) in [6.45, 7) is 4.62. The van der Waals surface area contributed by atoms with Gasteiger partial charge >= 0.3 is 11.8 Å². The van der Waals surface area contributed by atoms with E-state index in [4.69, 9.17) is 4.74 Å². The normalized spacial score (nSPS) is 18.0. The maximum atomic E-state index is 11.8. The van der Waals surface area contributed by atoms with E-state index in [0.29, 0.717) is 24.2 Å². The van der Waals surface area contributed by atoms with Crippen LogP contribution in [0.1, 0.15) is 19.8 Å². The van der Waals surface area contributed by atoms with E-state index in [0.717, 1.165) is 25.9 Å². The first-order valence-corrected chi connectivity index (χ1v) is 7.47. The summed E-state index contributed by atoms with van der Waals surface area (Å²) in [5, 5.41) is 5.20. The predicted molar refractivity (Wildman–Crippen MR) is 82.7 cm³/mol. The Bertz CT molecular complexity index is 518. The van der Waals surface area contributed by atoms with Gasteiger partial charge in [-0.05, 0) is 32.0 Å². The minimum absolute atomic E-state index is 0.324. The molecule has 1 fully saturated rings. The second-order valence-electron chi connectivity index (χ2n) is 5.18. The summed E-state index contributed by atoms with van der Waals surface area (Å²) in [5.41, 5.74) is 0.456. The number of rotatable bonds is 5. The minimum Gasteiger partial charge on any atom is -0.481 e. The van der Waals surface area contributed by atoms with Crippen molar-refractivity contribution in [2.45, 2.75) is 25.8 Å². The van der Waals surface area contributed by atoms with Crippen LogP contribution in [0.15, 0.2) is 18.3 Å². The summed E-state index contributed by atoms with van der Waals surface area (Å²) in [6, 6.07) is 3.57. The Hall–Kier alpha value is -2.15. The number of carbonyl (C=O) groups is 2. The highest BCUT2D eigenvalue weighted by atomic mass is 16.5. The van der Waals surface area contributed by atoms with E-state index in [2.05, 4.69) is 27.4 Å². The molecule has 1 atom stereocenters. The summed E-state index contributed by atoms with van der Waals surface area (Å²) in [6.07, 6.45) is 3.63. The van der Waals surface area contributed by atoms with Crippen molar-refractivity contribution < 1.29 is 14.3 Å². The first kappa shape index (κ1) is 16.2. The number of carbonyl (C=O) groups excluding carboxylic acids is 2. The van der Waals surface area contributed by atoms with Gasteiger partial charge in [0, 0.05) is 18.7 Å². The summed E-state index contributed by atoms with van der Waals surface area (Å²) >= 11 is 0. The van der Waals surface area contributed by atoms with E-state index < -0.39 is 11.8 Å². The Kier molecular flexibility index (Phi) is 5.71. The van der Waals surface area contributed by atoms with E-state index in [9.17, 15) is 9.59 Å². The van der Waals surface area contributed by atoms with Crippen LogP contribution < -0.4 is 15.4 Å². The molecule has 0 bridgehead atoms. The number of hydrogen-bond acceptors (Lipinski definition) is 5. The molecule has 7 nitrogen and oxygen atoms in total. The molecule has 1 aromatic heterocycles. The standard InChI is InChI=1S/C15H22N4O3/c1-3-19-8-4-5-12(19)10-17-14(20)15(21)18-11-6-7-13(22-2)16-9-11/h6-7,9,12H,3-5,8,10H2,1-2H3,(H,17,20)(H,18,21). The van der Waals surface area contributed by atoms with Gasteiger partial charge in [0.05, 0.1) is 19.0 Å². The predicted octanol–water partition coefficient (Wildman–Crippen LogP) is 0.629. The molecular weight excluding hydrogens is 284 g/mol. The number of ether oxygens (including phenoxy) is 1. The van der Waals surface area contributed by atoms with Gasteiger partial charge in [0.2, 0.25) is 5.88 Å². The van der Waals surface area contributed by atoms with Crippen molar-refractivity contribution in [2.75, 3.05) is 32.1 Å². The van der Waals surface area contributed by atoms with Gasteiger partial charge in [0.15, 0.2) is 0 Å². The fraction of sp³-hybridized carbons (Fsp3) is 0.533. The number of likely N-dealkylation sites (tertiary alicyclic amines) is 1. The van der Waals surface area contributed by atoms with Gasteiger partial charge in [-0.3, -0.25) is 14.5 Å². The quantitative estimate of drug-likeness (QED) is 0.780. The molecule has 0 saturated carbocycles. The molecule has 120 valence electrons.